The molecule has 152 valence electrons. The smallest absolute Gasteiger partial charge is 0.277 e. The zero-order chi connectivity index (χ0) is 21.1. The highest BCUT2D eigenvalue weighted by atomic mass is 127. The third-order valence-electron chi connectivity index (χ3n) is 3.75. The molecule has 0 spiro atoms. The monoisotopic (exact) mass is 510 g/mol. The SMILES string of the molecule is CC(C)(O)C(O)CONC(=O)c1ccc(F)c(F)c1Nc1ccc(I)cc1F. The number of amides is 1. The standard InChI is InChI=1S/C18H18F3IN2O4/c1-18(2,27)14(25)8-28-24-17(26)10-4-5-11(19)15(21)16(10)23-13-6-3-9(22)7-12(13)20/h3-7,14,23,25,27H,8H2,1-2H3,(H,24,26). The number of carbonyl (C=O) groups excluding carboxylic acids is 1. The summed E-state index contributed by atoms with van der Waals surface area (Å²) in [5, 5.41) is 21.7. The number of benzene rings is 2. The average molecular weight is 510 g/mol. The Hall–Kier alpha value is -1.89. The minimum absolute atomic E-state index is 0.155. The molecule has 6 nitrogen and oxygen atoms in total. The third-order valence-corrected chi connectivity index (χ3v) is 4.42. The van der Waals surface area contributed by atoms with Gasteiger partial charge in [-0.05, 0) is 66.8 Å². The molecular weight excluding hydrogens is 492 g/mol. The predicted octanol–water partition coefficient (Wildman–Crippen LogP) is 3.25. The van der Waals surface area contributed by atoms with Gasteiger partial charge in [-0.2, -0.15) is 0 Å². The summed E-state index contributed by atoms with van der Waals surface area (Å²) in [5.74, 6) is -4.28. The molecule has 0 radical (unpaired) electrons. The van der Waals surface area contributed by atoms with E-state index < -0.39 is 47.4 Å². The number of hydrogen-bond donors (Lipinski definition) is 4. The molecule has 1 unspecified atom stereocenters. The van der Waals surface area contributed by atoms with Gasteiger partial charge >= 0.3 is 0 Å². The number of anilines is 2. The van der Waals surface area contributed by atoms with Crippen LogP contribution >= 0.6 is 22.6 Å². The Morgan fingerprint density at radius 3 is 2.50 bits per heavy atom. The van der Waals surface area contributed by atoms with Crippen LogP contribution in [0.2, 0.25) is 0 Å². The van der Waals surface area contributed by atoms with Gasteiger partial charge < -0.3 is 15.5 Å². The molecule has 0 aliphatic rings. The van der Waals surface area contributed by atoms with Crippen molar-refractivity contribution < 1.29 is 33.0 Å². The Morgan fingerprint density at radius 1 is 1.21 bits per heavy atom. The second-order valence-corrected chi connectivity index (χ2v) is 7.69. The lowest BCUT2D eigenvalue weighted by molar-refractivity contribution is -0.0991. The number of rotatable bonds is 7. The Labute approximate surface area is 172 Å². The lowest BCUT2D eigenvalue weighted by atomic mass is 10.0. The third kappa shape index (κ3) is 5.56. The van der Waals surface area contributed by atoms with E-state index in [4.69, 9.17) is 4.84 Å². The van der Waals surface area contributed by atoms with Gasteiger partial charge in [-0.3, -0.25) is 9.63 Å². The average Bonchev–Trinajstić information content (AvgIpc) is 2.60. The maximum absolute atomic E-state index is 14.3. The van der Waals surface area contributed by atoms with Crippen LogP contribution in [0, 0.1) is 21.0 Å². The second kappa shape index (κ2) is 9.07. The molecule has 2 aromatic rings. The van der Waals surface area contributed by atoms with Crippen LogP contribution < -0.4 is 10.8 Å². The molecule has 1 amide bonds. The van der Waals surface area contributed by atoms with E-state index in [0.29, 0.717) is 3.57 Å². The largest absolute Gasteiger partial charge is 0.388 e. The molecule has 0 bridgehead atoms. The Balaban J connectivity index is 2.22. The molecule has 2 rings (SSSR count). The molecule has 0 heterocycles. The summed E-state index contributed by atoms with van der Waals surface area (Å²) in [5.41, 5.74) is -0.593. The van der Waals surface area contributed by atoms with Crippen molar-refractivity contribution >= 4 is 39.9 Å². The van der Waals surface area contributed by atoms with Gasteiger partial charge in [0.1, 0.15) is 18.5 Å². The van der Waals surface area contributed by atoms with Crippen molar-refractivity contribution in [2.75, 3.05) is 11.9 Å². The molecule has 0 aromatic heterocycles. The van der Waals surface area contributed by atoms with E-state index in [1.807, 2.05) is 28.1 Å². The molecule has 0 saturated heterocycles. The van der Waals surface area contributed by atoms with Gasteiger partial charge in [-0.15, -0.1) is 0 Å². The van der Waals surface area contributed by atoms with Gasteiger partial charge in [0.25, 0.3) is 5.91 Å². The van der Waals surface area contributed by atoms with Crippen LogP contribution in [0.25, 0.3) is 0 Å². The maximum Gasteiger partial charge on any atom is 0.277 e. The van der Waals surface area contributed by atoms with Crippen molar-refractivity contribution in [1.82, 2.24) is 5.48 Å². The first-order valence-electron chi connectivity index (χ1n) is 8.03. The number of nitrogens with one attached hydrogen (secondary N) is 2. The number of aliphatic hydroxyl groups excluding tert-OH is 1. The summed E-state index contributed by atoms with van der Waals surface area (Å²) in [6, 6.07) is 5.78. The number of carbonyl (C=O) groups is 1. The van der Waals surface area contributed by atoms with Crippen LogP contribution in [-0.2, 0) is 4.84 Å². The Kier molecular flexibility index (Phi) is 7.26. The lowest BCUT2D eigenvalue weighted by Crippen LogP contribution is -2.41. The van der Waals surface area contributed by atoms with Crippen LogP contribution in [0.5, 0.6) is 0 Å². The van der Waals surface area contributed by atoms with Crippen molar-refractivity contribution in [3.8, 4) is 0 Å². The summed E-state index contributed by atoms with van der Waals surface area (Å²) < 4.78 is 42.6. The topological polar surface area (TPSA) is 90.8 Å². The van der Waals surface area contributed by atoms with Gasteiger partial charge in [0.05, 0.1) is 22.5 Å². The summed E-state index contributed by atoms with van der Waals surface area (Å²) in [7, 11) is 0. The van der Waals surface area contributed by atoms with Gasteiger partial charge in [0.15, 0.2) is 11.6 Å². The van der Waals surface area contributed by atoms with Crippen molar-refractivity contribution in [3.63, 3.8) is 0 Å². The number of aliphatic hydroxyl groups is 2. The van der Waals surface area contributed by atoms with Crippen LogP contribution in [0.3, 0.4) is 0 Å². The summed E-state index contributed by atoms with van der Waals surface area (Å²) in [6.07, 6.45) is -1.31. The number of hydroxylamine groups is 1. The molecule has 0 fully saturated rings. The molecule has 10 heteroatoms. The highest BCUT2D eigenvalue weighted by molar-refractivity contribution is 14.1. The van der Waals surface area contributed by atoms with Gasteiger partial charge in [0, 0.05) is 3.57 Å². The van der Waals surface area contributed by atoms with Crippen molar-refractivity contribution in [2.24, 2.45) is 0 Å². The zero-order valence-corrected chi connectivity index (χ0v) is 17.1. The lowest BCUT2D eigenvalue weighted by Gasteiger charge is -2.24. The normalized spacial score (nSPS) is 12.6. The molecule has 1 atom stereocenters. The van der Waals surface area contributed by atoms with E-state index in [1.54, 1.807) is 6.07 Å². The Bertz CT molecular complexity index is 875. The van der Waals surface area contributed by atoms with E-state index >= 15 is 0 Å². The number of halogens is 4. The molecule has 0 aliphatic carbocycles. The first-order chi connectivity index (χ1) is 13.0. The van der Waals surface area contributed by atoms with E-state index in [2.05, 4.69) is 5.32 Å². The zero-order valence-electron chi connectivity index (χ0n) is 14.9. The molecule has 28 heavy (non-hydrogen) atoms. The van der Waals surface area contributed by atoms with Crippen LogP contribution in [-0.4, -0.2) is 34.4 Å². The van der Waals surface area contributed by atoms with Crippen molar-refractivity contribution in [3.05, 3.63) is 56.9 Å². The molecule has 0 saturated carbocycles. The second-order valence-electron chi connectivity index (χ2n) is 6.44. The first-order valence-corrected chi connectivity index (χ1v) is 9.11. The predicted molar refractivity (Wildman–Crippen MR) is 104 cm³/mol. The van der Waals surface area contributed by atoms with Crippen molar-refractivity contribution in [1.29, 1.82) is 0 Å². The molecule has 2 aromatic carbocycles. The highest BCUT2D eigenvalue weighted by Gasteiger charge is 2.25. The quantitative estimate of drug-likeness (QED) is 0.340. The van der Waals surface area contributed by atoms with Gasteiger partial charge in [0.2, 0.25) is 0 Å². The maximum atomic E-state index is 14.3. The van der Waals surface area contributed by atoms with Gasteiger partial charge in [-0.1, -0.05) is 0 Å². The van der Waals surface area contributed by atoms with Gasteiger partial charge in [-0.25, -0.2) is 18.7 Å². The summed E-state index contributed by atoms with van der Waals surface area (Å²) in [4.78, 5) is 17.1. The van der Waals surface area contributed by atoms with E-state index in [0.717, 1.165) is 12.1 Å². The van der Waals surface area contributed by atoms with E-state index in [1.165, 1.54) is 26.0 Å². The highest BCUT2D eigenvalue weighted by Crippen LogP contribution is 2.28. The van der Waals surface area contributed by atoms with Crippen molar-refractivity contribution in [2.45, 2.75) is 25.6 Å². The van der Waals surface area contributed by atoms with Crippen LogP contribution in [0.4, 0.5) is 24.5 Å². The fourth-order valence-electron chi connectivity index (χ4n) is 2.03. The van der Waals surface area contributed by atoms with E-state index in [9.17, 15) is 28.2 Å². The van der Waals surface area contributed by atoms with Crippen LogP contribution in [0.15, 0.2) is 30.3 Å². The minimum Gasteiger partial charge on any atom is -0.388 e. The Morgan fingerprint density at radius 2 is 1.89 bits per heavy atom. The molecular formula is C18H18F3IN2O4. The molecule has 4 N–H and O–H groups in total. The first kappa shape index (κ1) is 22.4. The minimum atomic E-state index is -1.47. The number of hydrogen-bond acceptors (Lipinski definition) is 5. The van der Waals surface area contributed by atoms with Crippen LogP contribution in [0.1, 0.15) is 24.2 Å². The summed E-state index contributed by atoms with van der Waals surface area (Å²) >= 11 is 1.89. The molecule has 0 aliphatic heterocycles. The fourth-order valence-corrected chi connectivity index (χ4v) is 2.49. The fraction of sp³-hybridized carbons (Fsp3) is 0.278. The van der Waals surface area contributed by atoms with E-state index in [-0.39, 0.29) is 11.3 Å². The summed E-state index contributed by atoms with van der Waals surface area (Å²) in [6.45, 7) is 2.24.